The molecule has 1 amide bonds. The Hall–Kier alpha value is -2.20. The third-order valence-corrected chi connectivity index (χ3v) is 5.22. The number of nitrogens with one attached hydrogen (secondary N) is 1. The molecule has 0 spiro atoms. The molecule has 1 aliphatic heterocycles. The first kappa shape index (κ1) is 18.6. The fraction of sp³-hybridized carbons (Fsp3) is 0.409. The van der Waals surface area contributed by atoms with Crippen LogP contribution in [-0.4, -0.2) is 23.9 Å². The Morgan fingerprint density at radius 2 is 1.96 bits per heavy atom. The van der Waals surface area contributed by atoms with Crippen LogP contribution >= 0.6 is 0 Å². The Morgan fingerprint density at radius 3 is 2.73 bits per heavy atom. The fourth-order valence-corrected chi connectivity index (χ4v) is 3.71. The van der Waals surface area contributed by atoms with Gasteiger partial charge in [0, 0.05) is 24.3 Å². The molecule has 0 aliphatic carbocycles. The highest BCUT2D eigenvalue weighted by atomic mass is 19.1. The fourth-order valence-electron chi connectivity index (χ4n) is 3.71. The maximum atomic E-state index is 13.9. The highest BCUT2D eigenvalue weighted by Gasteiger charge is 2.26. The summed E-state index contributed by atoms with van der Waals surface area (Å²) in [5, 5.41) is 3.16. The molecule has 26 heavy (non-hydrogen) atoms. The van der Waals surface area contributed by atoms with Gasteiger partial charge in [0.1, 0.15) is 5.82 Å². The van der Waals surface area contributed by atoms with Gasteiger partial charge in [-0.05, 0) is 49.9 Å². The molecule has 1 atom stereocenters. The number of para-hydroxylation sites is 1. The molecule has 1 unspecified atom stereocenters. The van der Waals surface area contributed by atoms with Crippen molar-refractivity contribution < 1.29 is 9.18 Å². The summed E-state index contributed by atoms with van der Waals surface area (Å²) < 4.78 is 13.9. The number of hydrogen-bond acceptors (Lipinski definition) is 2. The summed E-state index contributed by atoms with van der Waals surface area (Å²) in [7, 11) is 0. The van der Waals surface area contributed by atoms with Crippen molar-refractivity contribution in [2.45, 2.75) is 39.7 Å². The normalized spacial score (nSPS) is 17.9. The lowest BCUT2D eigenvalue weighted by Gasteiger charge is -2.32. The smallest absolute Gasteiger partial charge is 0.228 e. The number of carbonyl (C=O) groups is 1. The van der Waals surface area contributed by atoms with Gasteiger partial charge in [0.2, 0.25) is 5.91 Å². The number of anilines is 1. The van der Waals surface area contributed by atoms with Gasteiger partial charge < -0.3 is 5.32 Å². The number of halogens is 1. The lowest BCUT2D eigenvalue weighted by Crippen LogP contribution is -2.40. The van der Waals surface area contributed by atoms with E-state index in [9.17, 15) is 9.18 Å². The first-order chi connectivity index (χ1) is 12.6. The standard InChI is InChI=1S/C22H27FN2O/c1-3-17-10-6-8-16(2)21(17)24-22(26)19-11-7-13-25(15-19)14-18-9-4-5-12-20(18)23/h4-6,8-10,12,19H,3,7,11,13-15H2,1-2H3,(H,24,26). The second-order valence-electron chi connectivity index (χ2n) is 7.12. The zero-order valence-corrected chi connectivity index (χ0v) is 15.6. The van der Waals surface area contributed by atoms with E-state index in [1.54, 1.807) is 6.07 Å². The van der Waals surface area contributed by atoms with E-state index < -0.39 is 0 Å². The average Bonchev–Trinajstić information content (AvgIpc) is 2.65. The summed E-state index contributed by atoms with van der Waals surface area (Å²) in [5.41, 5.74) is 3.90. The topological polar surface area (TPSA) is 32.3 Å². The molecule has 1 aliphatic rings. The molecule has 138 valence electrons. The maximum Gasteiger partial charge on any atom is 0.228 e. The Kier molecular flexibility index (Phi) is 6.04. The molecule has 0 aromatic heterocycles. The minimum atomic E-state index is -0.174. The van der Waals surface area contributed by atoms with Crippen LogP contribution in [0.25, 0.3) is 0 Å². The average molecular weight is 354 g/mol. The van der Waals surface area contributed by atoms with Crippen molar-refractivity contribution in [3.05, 3.63) is 65.0 Å². The Bertz CT molecular complexity index is 774. The number of likely N-dealkylation sites (tertiary alicyclic amines) is 1. The number of hydrogen-bond donors (Lipinski definition) is 1. The highest BCUT2D eigenvalue weighted by molar-refractivity contribution is 5.94. The number of carbonyl (C=O) groups excluding carboxylic acids is 1. The molecule has 4 heteroatoms. The van der Waals surface area contributed by atoms with Gasteiger partial charge in [-0.2, -0.15) is 0 Å². The van der Waals surface area contributed by atoms with Crippen molar-refractivity contribution in [1.29, 1.82) is 0 Å². The van der Waals surface area contributed by atoms with Crippen molar-refractivity contribution in [3.63, 3.8) is 0 Å². The second-order valence-corrected chi connectivity index (χ2v) is 7.12. The van der Waals surface area contributed by atoms with E-state index >= 15 is 0 Å². The Labute approximate surface area is 155 Å². The molecule has 1 fully saturated rings. The van der Waals surface area contributed by atoms with Crippen molar-refractivity contribution in [2.24, 2.45) is 5.92 Å². The van der Waals surface area contributed by atoms with Crippen LogP contribution in [0.1, 0.15) is 36.5 Å². The third-order valence-electron chi connectivity index (χ3n) is 5.22. The van der Waals surface area contributed by atoms with Crippen molar-refractivity contribution >= 4 is 11.6 Å². The number of rotatable bonds is 5. The molecule has 1 heterocycles. The number of piperidine rings is 1. The highest BCUT2D eigenvalue weighted by Crippen LogP contribution is 2.25. The molecule has 2 aromatic carbocycles. The van der Waals surface area contributed by atoms with Crippen LogP contribution in [0.15, 0.2) is 42.5 Å². The lowest BCUT2D eigenvalue weighted by atomic mass is 9.96. The molecule has 0 radical (unpaired) electrons. The molecule has 3 nitrogen and oxygen atoms in total. The van der Waals surface area contributed by atoms with E-state index in [2.05, 4.69) is 23.2 Å². The maximum absolute atomic E-state index is 13.9. The minimum Gasteiger partial charge on any atom is -0.325 e. The lowest BCUT2D eigenvalue weighted by molar-refractivity contribution is -0.121. The van der Waals surface area contributed by atoms with Gasteiger partial charge in [-0.3, -0.25) is 9.69 Å². The van der Waals surface area contributed by atoms with Crippen LogP contribution in [0.3, 0.4) is 0 Å². The largest absolute Gasteiger partial charge is 0.325 e. The van der Waals surface area contributed by atoms with Crippen molar-refractivity contribution in [3.8, 4) is 0 Å². The predicted octanol–water partition coefficient (Wildman–Crippen LogP) is 4.55. The molecular formula is C22H27FN2O. The summed E-state index contributed by atoms with van der Waals surface area (Å²) >= 11 is 0. The number of amides is 1. The van der Waals surface area contributed by atoms with Gasteiger partial charge in [-0.25, -0.2) is 4.39 Å². The van der Waals surface area contributed by atoms with Gasteiger partial charge >= 0.3 is 0 Å². The van der Waals surface area contributed by atoms with Gasteiger partial charge in [0.25, 0.3) is 0 Å². The van der Waals surface area contributed by atoms with Crippen molar-refractivity contribution in [1.82, 2.24) is 4.90 Å². The molecule has 2 aromatic rings. The molecule has 1 N–H and O–H groups in total. The Morgan fingerprint density at radius 1 is 1.19 bits per heavy atom. The molecule has 0 bridgehead atoms. The van der Waals surface area contributed by atoms with Crippen LogP contribution in [0, 0.1) is 18.7 Å². The molecule has 3 rings (SSSR count). The van der Waals surface area contributed by atoms with Crippen LogP contribution in [0.4, 0.5) is 10.1 Å². The zero-order valence-electron chi connectivity index (χ0n) is 15.6. The van der Waals surface area contributed by atoms with E-state index in [0.29, 0.717) is 18.7 Å². The quantitative estimate of drug-likeness (QED) is 0.854. The second kappa shape index (κ2) is 8.45. The van der Waals surface area contributed by atoms with Gasteiger partial charge in [0.15, 0.2) is 0 Å². The summed E-state index contributed by atoms with van der Waals surface area (Å²) in [5.74, 6) is -0.154. The number of aryl methyl sites for hydroxylation is 2. The van der Waals surface area contributed by atoms with E-state index in [0.717, 1.165) is 42.6 Å². The van der Waals surface area contributed by atoms with Gasteiger partial charge in [0.05, 0.1) is 5.92 Å². The zero-order chi connectivity index (χ0) is 18.5. The first-order valence-corrected chi connectivity index (χ1v) is 9.43. The van der Waals surface area contributed by atoms with E-state index in [1.165, 1.54) is 6.07 Å². The van der Waals surface area contributed by atoms with Gasteiger partial charge in [-0.15, -0.1) is 0 Å². The first-order valence-electron chi connectivity index (χ1n) is 9.43. The van der Waals surface area contributed by atoms with E-state index in [-0.39, 0.29) is 17.6 Å². The monoisotopic (exact) mass is 354 g/mol. The minimum absolute atomic E-state index is 0.0557. The molecule has 1 saturated heterocycles. The SMILES string of the molecule is CCc1cccc(C)c1NC(=O)C1CCCN(Cc2ccccc2F)C1. The van der Waals surface area contributed by atoms with E-state index in [4.69, 9.17) is 0 Å². The van der Waals surface area contributed by atoms with E-state index in [1.807, 2.05) is 31.2 Å². The van der Waals surface area contributed by atoms with Crippen LogP contribution in [0.5, 0.6) is 0 Å². The summed E-state index contributed by atoms with van der Waals surface area (Å²) in [6.07, 6.45) is 2.73. The predicted molar refractivity (Wildman–Crippen MR) is 104 cm³/mol. The summed E-state index contributed by atoms with van der Waals surface area (Å²) in [6, 6.07) is 13.0. The molecular weight excluding hydrogens is 327 g/mol. The van der Waals surface area contributed by atoms with Crippen LogP contribution in [0.2, 0.25) is 0 Å². The van der Waals surface area contributed by atoms with Gasteiger partial charge in [-0.1, -0.05) is 43.3 Å². The van der Waals surface area contributed by atoms with Crippen molar-refractivity contribution in [2.75, 3.05) is 18.4 Å². The number of nitrogens with zero attached hydrogens (tertiary/aromatic N) is 1. The van der Waals surface area contributed by atoms with Crippen LogP contribution < -0.4 is 5.32 Å². The number of benzene rings is 2. The summed E-state index contributed by atoms with van der Waals surface area (Å²) in [6.45, 7) is 6.26. The molecule has 0 saturated carbocycles. The summed E-state index contributed by atoms with van der Waals surface area (Å²) in [4.78, 5) is 15.0. The van der Waals surface area contributed by atoms with Crippen LogP contribution in [-0.2, 0) is 17.8 Å². The Balaban J connectivity index is 1.66. The third kappa shape index (κ3) is 4.31.